The molecule has 114 valence electrons. The summed E-state index contributed by atoms with van der Waals surface area (Å²) in [6.07, 6.45) is 3.56. The minimum Gasteiger partial charge on any atom is -0.337 e. The second-order valence-corrected chi connectivity index (χ2v) is 5.45. The highest BCUT2D eigenvalue weighted by molar-refractivity contribution is 5.79. The maximum Gasteiger partial charge on any atom is 0.246 e. The predicted octanol–water partition coefficient (Wildman–Crippen LogP) is 1.92. The average molecular weight is 291 g/mol. The Morgan fingerprint density at radius 2 is 2.14 bits per heavy atom. The van der Waals surface area contributed by atoms with E-state index < -0.39 is 0 Å². The zero-order valence-corrected chi connectivity index (χ0v) is 13.1. The number of amides is 1. The summed E-state index contributed by atoms with van der Waals surface area (Å²) in [5.41, 5.74) is 0. The van der Waals surface area contributed by atoms with Crippen molar-refractivity contribution in [3.8, 4) is 0 Å². The molecule has 0 aliphatic heterocycles. The van der Waals surface area contributed by atoms with Crippen LogP contribution in [-0.2, 0) is 11.3 Å². The molecule has 0 radical (unpaired) electrons. The van der Waals surface area contributed by atoms with Crippen LogP contribution in [0.1, 0.15) is 50.3 Å². The van der Waals surface area contributed by atoms with Gasteiger partial charge in [-0.25, -0.2) is 4.98 Å². The van der Waals surface area contributed by atoms with Crippen LogP contribution < -0.4 is 0 Å². The summed E-state index contributed by atoms with van der Waals surface area (Å²) >= 11 is 0. The van der Waals surface area contributed by atoms with Crippen molar-refractivity contribution in [2.45, 2.75) is 46.2 Å². The van der Waals surface area contributed by atoms with Gasteiger partial charge in [-0.3, -0.25) is 4.79 Å². The highest BCUT2D eigenvalue weighted by atomic mass is 16.5. The molecule has 0 spiro atoms. The molecule has 1 amide bonds. The Kier molecular flexibility index (Phi) is 4.40. The van der Waals surface area contributed by atoms with Crippen LogP contribution in [0.5, 0.6) is 0 Å². The van der Waals surface area contributed by atoms with Gasteiger partial charge < -0.3 is 14.0 Å². The molecule has 7 nitrogen and oxygen atoms in total. The first kappa shape index (κ1) is 15.2. The molecule has 2 rings (SSSR count). The van der Waals surface area contributed by atoms with Crippen molar-refractivity contribution in [1.82, 2.24) is 24.6 Å². The second-order valence-electron chi connectivity index (χ2n) is 5.45. The number of nitrogens with zero attached hydrogens (tertiary/aromatic N) is 5. The second kappa shape index (κ2) is 6.07. The van der Waals surface area contributed by atoms with Gasteiger partial charge in [0.1, 0.15) is 11.9 Å². The lowest BCUT2D eigenvalue weighted by molar-refractivity contribution is -0.133. The molecular formula is C14H21N5O2. The van der Waals surface area contributed by atoms with Crippen LogP contribution in [0.3, 0.4) is 0 Å². The normalized spacial score (nSPS) is 12.7. The summed E-state index contributed by atoms with van der Waals surface area (Å²) in [7, 11) is 1.73. The Hall–Kier alpha value is -2.18. The number of carbonyl (C=O) groups is 1. The summed E-state index contributed by atoms with van der Waals surface area (Å²) in [5.74, 6) is 2.14. The molecule has 0 N–H and O–H groups in total. The maximum atomic E-state index is 12.5. The molecular weight excluding hydrogens is 270 g/mol. The standard InChI is InChI=1S/C14H21N5O2/c1-9(2)13-15-6-7-19(13)10(3)14(20)18(5)8-12-16-11(4)17-21-12/h6-7,9-10H,8H2,1-5H3/t10-/m0/s1. The van der Waals surface area contributed by atoms with Gasteiger partial charge in [0.25, 0.3) is 0 Å². The average Bonchev–Trinajstić information content (AvgIpc) is 3.05. The minimum atomic E-state index is -0.320. The number of rotatable bonds is 5. The summed E-state index contributed by atoms with van der Waals surface area (Å²) in [6, 6.07) is -0.320. The molecule has 2 aromatic rings. The van der Waals surface area contributed by atoms with E-state index in [1.807, 2.05) is 17.7 Å². The van der Waals surface area contributed by atoms with Crippen LogP contribution in [0.2, 0.25) is 0 Å². The third-order valence-electron chi connectivity index (χ3n) is 3.31. The number of imidazole rings is 1. The first-order valence-corrected chi connectivity index (χ1v) is 6.97. The van der Waals surface area contributed by atoms with Crippen LogP contribution >= 0.6 is 0 Å². The quantitative estimate of drug-likeness (QED) is 0.841. The molecule has 0 aliphatic carbocycles. The number of likely N-dealkylation sites (N-methyl/N-ethyl adjacent to an activating group) is 1. The molecule has 2 aromatic heterocycles. The number of aryl methyl sites for hydroxylation is 1. The minimum absolute atomic E-state index is 0.0225. The van der Waals surface area contributed by atoms with Crippen molar-refractivity contribution in [2.75, 3.05) is 7.05 Å². The Morgan fingerprint density at radius 3 is 2.71 bits per heavy atom. The van der Waals surface area contributed by atoms with Crippen molar-refractivity contribution in [2.24, 2.45) is 0 Å². The number of carbonyl (C=O) groups excluding carboxylic acids is 1. The molecule has 21 heavy (non-hydrogen) atoms. The molecule has 1 atom stereocenters. The first-order valence-electron chi connectivity index (χ1n) is 6.97. The summed E-state index contributed by atoms with van der Waals surface area (Å²) in [4.78, 5) is 22.5. The van der Waals surface area contributed by atoms with Gasteiger partial charge in [-0.1, -0.05) is 19.0 Å². The zero-order chi connectivity index (χ0) is 15.6. The van der Waals surface area contributed by atoms with Crippen LogP contribution in [0.15, 0.2) is 16.9 Å². The molecule has 2 heterocycles. The van der Waals surface area contributed by atoms with Gasteiger partial charge >= 0.3 is 0 Å². The van der Waals surface area contributed by atoms with Crippen molar-refractivity contribution >= 4 is 5.91 Å². The molecule has 0 aliphatic rings. The molecule has 0 bridgehead atoms. The predicted molar refractivity (Wildman–Crippen MR) is 76.5 cm³/mol. The van der Waals surface area contributed by atoms with Gasteiger partial charge in [0, 0.05) is 25.4 Å². The fourth-order valence-corrected chi connectivity index (χ4v) is 2.22. The summed E-state index contributed by atoms with van der Waals surface area (Å²) in [6.45, 7) is 8.03. The molecule has 0 saturated heterocycles. The van der Waals surface area contributed by atoms with Crippen molar-refractivity contribution in [3.63, 3.8) is 0 Å². The third kappa shape index (κ3) is 3.29. The lowest BCUT2D eigenvalue weighted by atomic mass is 10.2. The van der Waals surface area contributed by atoms with E-state index in [0.29, 0.717) is 18.3 Å². The van der Waals surface area contributed by atoms with E-state index in [4.69, 9.17) is 4.52 Å². The molecule has 0 saturated carbocycles. The SMILES string of the molecule is Cc1noc(CN(C)C(=O)[C@H](C)n2ccnc2C(C)C)n1. The molecule has 7 heteroatoms. The molecule has 0 fully saturated rings. The third-order valence-corrected chi connectivity index (χ3v) is 3.31. The zero-order valence-electron chi connectivity index (χ0n) is 13.1. The van der Waals surface area contributed by atoms with Crippen LogP contribution in [0.25, 0.3) is 0 Å². The summed E-state index contributed by atoms with van der Waals surface area (Å²) < 4.78 is 6.95. The van der Waals surface area contributed by atoms with Crippen LogP contribution in [0, 0.1) is 6.92 Å². The van der Waals surface area contributed by atoms with Gasteiger partial charge in [-0.15, -0.1) is 0 Å². The van der Waals surface area contributed by atoms with Crippen molar-refractivity contribution in [1.29, 1.82) is 0 Å². The van der Waals surface area contributed by atoms with Gasteiger partial charge in [-0.2, -0.15) is 4.98 Å². The van der Waals surface area contributed by atoms with Gasteiger partial charge in [0.05, 0.1) is 6.54 Å². The summed E-state index contributed by atoms with van der Waals surface area (Å²) in [5, 5.41) is 3.72. The Bertz CT molecular complexity index is 616. The largest absolute Gasteiger partial charge is 0.337 e. The van der Waals surface area contributed by atoms with Gasteiger partial charge in [-0.05, 0) is 13.8 Å². The monoisotopic (exact) mass is 291 g/mol. The fraction of sp³-hybridized carbons (Fsp3) is 0.571. The number of hydrogen-bond donors (Lipinski definition) is 0. The fourth-order valence-electron chi connectivity index (χ4n) is 2.22. The molecule has 0 aromatic carbocycles. The lowest BCUT2D eigenvalue weighted by Gasteiger charge is -2.22. The Morgan fingerprint density at radius 1 is 1.43 bits per heavy atom. The maximum absolute atomic E-state index is 12.5. The van der Waals surface area contributed by atoms with E-state index in [2.05, 4.69) is 29.0 Å². The highest BCUT2D eigenvalue weighted by Crippen LogP contribution is 2.19. The Balaban J connectivity index is 2.09. The van der Waals surface area contributed by atoms with E-state index in [9.17, 15) is 4.79 Å². The highest BCUT2D eigenvalue weighted by Gasteiger charge is 2.23. The number of hydrogen-bond acceptors (Lipinski definition) is 5. The van der Waals surface area contributed by atoms with Crippen LogP contribution in [0.4, 0.5) is 0 Å². The number of aromatic nitrogens is 4. The van der Waals surface area contributed by atoms with E-state index in [1.165, 1.54) is 0 Å². The topological polar surface area (TPSA) is 77.0 Å². The van der Waals surface area contributed by atoms with Gasteiger partial charge in [0.15, 0.2) is 5.82 Å². The smallest absolute Gasteiger partial charge is 0.246 e. The first-order chi connectivity index (χ1) is 9.90. The Labute approximate surface area is 124 Å². The molecule has 0 unspecified atom stereocenters. The van der Waals surface area contributed by atoms with E-state index in [1.54, 1.807) is 25.1 Å². The lowest BCUT2D eigenvalue weighted by Crippen LogP contribution is -2.33. The van der Waals surface area contributed by atoms with Gasteiger partial charge in [0.2, 0.25) is 11.8 Å². The van der Waals surface area contributed by atoms with Crippen molar-refractivity contribution in [3.05, 3.63) is 29.9 Å². The van der Waals surface area contributed by atoms with Crippen molar-refractivity contribution < 1.29 is 9.32 Å². The van der Waals surface area contributed by atoms with E-state index in [-0.39, 0.29) is 17.9 Å². The van der Waals surface area contributed by atoms with E-state index in [0.717, 1.165) is 5.82 Å². The van der Waals surface area contributed by atoms with Crippen LogP contribution in [-0.4, -0.2) is 37.5 Å². The van der Waals surface area contributed by atoms with E-state index >= 15 is 0 Å².